The Bertz CT molecular complexity index is 1050. The highest BCUT2D eigenvalue weighted by Gasteiger charge is 2.31. The van der Waals surface area contributed by atoms with Crippen molar-refractivity contribution in [2.24, 2.45) is 0 Å². The normalized spacial score (nSPS) is 15.3. The molecular formula is C23H25N3O3S. The van der Waals surface area contributed by atoms with Gasteiger partial charge in [-0.3, -0.25) is 0 Å². The molecule has 1 N–H and O–H groups in total. The van der Waals surface area contributed by atoms with Gasteiger partial charge in [0.1, 0.15) is 5.75 Å². The molecule has 156 valence electrons. The van der Waals surface area contributed by atoms with Crippen molar-refractivity contribution < 1.29 is 14.2 Å². The van der Waals surface area contributed by atoms with Gasteiger partial charge in [-0.15, -0.1) is 0 Å². The van der Waals surface area contributed by atoms with Crippen molar-refractivity contribution in [1.82, 2.24) is 9.47 Å². The lowest BCUT2D eigenvalue weighted by molar-refractivity contribution is 0.291. The maximum Gasteiger partial charge on any atom is 0.174 e. The second-order valence-corrected chi connectivity index (χ2v) is 7.39. The van der Waals surface area contributed by atoms with Gasteiger partial charge in [0.2, 0.25) is 0 Å². The second-order valence-electron chi connectivity index (χ2n) is 7.00. The molecule has 6 nitrogen and oxygen atoms in total. The van der Waals surface area contributed by atoms with Crippen LogP contribution in [-0.2, 0) is 6.54 Å². The SMILES string of the molecule is COc1cccc(NC(=S)N2CCn3cccc3C2c2ccc(OC)c(OC)c2)c1. The van der Waals surface area contributed by atoms with E-state index < -0.39 is 0 Å². The minimum Gasteiger partial charge on any atom is -0.497 e. The Morgan fingerprint density at radius 2 is 1.77 bits per heavy atom. The maximum atomic E-state index is 5.83. The van der Waals surface area contributed by atoms with E-state index in [-0.39, 0.29) is 6.04 Å². The van der Waals surface area contributed by atoms with E-state index in [0.29, 0.717) is 16.6 Å². The first kappa shape index (κ1) is 20.1. The van der Waals surface area contributed by atoms with Gasteiger partial charge in [-0.1, -0.05) is 12.1 Å². The van der Waals surface area contributed by atoms with Crippen LogP contribution < -0.4 is 19.5 Å². The van der Waals surface area contributed by atoms with Crippen LogP contribution in [0.3, 0.4) is 0 Å². The zero-order valence-corrected chi connectivity index (χ0v) is 18.1. The van der Waals surface area contributed by atoms with Crippen LogP contribution >= 0.6 is 12.2 Å². The predicted molar refractivity (Wildman–Crippen MR) is 122 cm³/mol. The summed E-state index contributed by atoms with van der Waals surface area (Å²) in [5.74, 6) is 2.19. The molecule has 3 aromatic rings. The number of ether oxygens (including phenoxy) is 3. The summed E-state index contributed by atoms with van der Waals surface area (Å²) in [7, 11) is 4.95. The van der Waals surface area contributed by atoms with Crippen molar-refractivity contribution in [2.45, 2.75) is 12.6 Å². The monoisotopic (exact) mass is 423 g/mol. The van der Waals surface area contributed by atoms with Crippen LogP contribution in [0.5, 0.6) is 17.2 Å². The Labute approximate surface area is 182 Å². The van der Waals surface area contributed by atoms with Gasteiger partial charge in [0.05, 0.1) is 27.4 Å². The topological polar surface area (TPSA) is 47.9 Å². The molecule has 0 bridgehead atoms. The van der Waals surface area contributed by atoms with Gasteiger partial charge in [-0.2, -0.15) is 0 Å². The van der Waals surface area contributed by atoms with E-state index in [1.54, 1.807) is 21.3 Å². The average molecular weight is 424 g/mol. The summed E-state index contributed by atoms with van der Waals surface area (Å²) in [6.45, 7) is 1.66. The van der Waals surface area contributed by atoms with Crippen LogP contribution in [0.25, 0.3) is 0 Å². The fraction of sp³-hybridized carbons (Fsp3) is 0.261. The zero-order valence-electron chi connectivity index (χ0n) is 17.3. The highest BCUT2D eigenvalue weighted by molar-refractivity contribution is 7.80. The minimum absolute atomic E-state index is 0.0424. The Morgan fingerprint density at radius 1 is 0.933 bits per heavy atom. The molecule has 2 aromatic carbocycles. The minimum atomic E-state index is -0.0424. The number of thiocarbonyl (C=S) groups is 1. The third-order valence-electron chi connectivity index (χ3n) is 5.34. The number of hydrogen-bond donors (Lipinski definition) is 1. The molecule has 7 heteroatoms. The number of nitrogens with zero attached hydrogens (tertiary/aromatic N) is 2. The molecule has 0 aliphatic carbocycles. The fourth-order valence-corrected chi connectivity index (χ4v) is 4.19. The second kappa shape index (κ2) is 8.67. The van der Waals surface area contributed by atoms with E-state index >= 15 is 0 Å². The largest absolute Gasteiger partial charge is 0.497 e. The maximum absolute atomic E-state index is 5.83. The van der Waals surface area contributed by atoms with Crippen molar-refractivity contribution in [3.63, 3.8) is 0 Å². The number of nitrogens with one attached hydrogen (secondary N) is 1. The first-order valence-corrected chi connectivity index (χ1v) is 10.1. The Morgan fingerprint density at radius 3 is 2.53 bits per heavy atom. The van der Waals surface area contributed by atoms with Gasteiger partial charge in [0.15, 0.2) is 16.6 Å². The Kier molecular flexibility index (Phi) is 5.81. The van der Waals surface area contributed by atoms with E-state index in [1.165, 1.54) is 5.69 Å². The van der Waals surface area contributed by atoms with Crippen molar-refractivity contribution in [1.29, 1.82) is 0 Å². The van der Waals surface area contributed by atoms with Crippen molar-refractivity contribution >= 4 is 23.0 Å². The summed E-state index contributed by atoms with van der Waals surface area (Å²) in [5, 5.41) is 4.03. The van der Waals surface area contributed by atoms with E-state index in [0.717, 1.165) is 30.1 Å². The molecule has 1 unspecified atom stereocenters. The molecule has 0 saturated heterocycles. The molecule has 1 aromatic heterocycles. The summed E-state index contributed by atoms with van der Waals surface area (Å²) < 4.78 is 18.6. The molecule has 1 atom stereocenters. The number of methoxy groups -OCH3 is 3. The molecule has 0 spiro atoms. The van der Waals surface area contributed by atoms with E-state index in [2.05, 4.69) is 39.2 Å². The van der Waals surface area contributed by atoms with Crippen LogP contribution in [0, 0.1) is 0 Å². The lowest BCUT2D eigenvalue weighted by atomic mass is 9.99. The van der Waals surface area contributed by atoms with Crippen LogP contribution in [-0.4, -0.2) is 42.5 Å². The molecule has 1 aliphatic rings. The lowest BCUT2D eigenvalue weighted by Crippen LogP contribution is -2.44. The standard InChI is InChI=1S/C23H25N3O3S/c1-27-18-7-4-6-17(15-18)24-23(30)26-13-12-25-11-5-8-19(25)22(26)16-9-10-20(28-2)21(14-16)29-3/h4-11,14-15,22H,12-13H2,1-3H3,(H,24,30). The number of aromatic nitrogens is 1. The predicted octanol–water partition coefficient (Wildman–Crippen LogP) is 4.32. The molecule has 0 saturated carbocycles. The van der Waals surface area contributed by atoms with E-state index in [4.69, 9.17) is 26.4 Å². The molecule has 0 radical (unpaired) electrons. The highest BCUT2D eigenvalue weighted by atomic mass is 32.1. The molecule has 1 aliphatic heterocycles. The van der Waals surface area contributed by atoms with Gasteiger partial charge < -0.3 is 29.0 Å². The van der Waals surface area contributed by atoms with Crippen LogP contribution in [0.2, 0.25) is 0 Å². The molecular weight excluding hydrogens is 398 g/mol. The third-order valence-corrected chi connectivity index (χ3v) is 5.68. The summed E-state index contributed by atoms with van der Waals surface area (Å²) in [5.41, 5.74) is 3.16. The van der Waals surface area contributed by atoms with Crippen LogP contribution in [0.15, 0.2) is 60.8 Å². The summed E-state index contributed by atoms with van der Waals surface area (Å²) >= 11 is 5.83. The number of anilines is 1. The average Bonchev–Trinajstić information content (AvgIpc) is 3.27. The van der Waals surface area contributed by atoms with Gasteiger partial charge in [-0.05, 0) is 54.2 Å². The van der Waals surface area contributed by atoms with Crippen molar-refractivity contribution in [3.05, 3.63) is 72.1 Å². The first-order valence-electron chi connectivity index (χ1n) is 9.73. The van der Waals surface area contributed by atoms with Crippen molar-refractivity contribution in [3.8, 4) is 17.2 Å². The number of rotatable bonds is 5. The molecule has 2 heterocycles. The summed E-state index contributed by atoms with van der Waals surface area (Å²) in [4.78, 5) is 2.21. The van der Waals surface area contributed by atoms with Crippen LogP contribution in [0.4, 0.5) is 5.69 Å². The first-order chi connectivity index (χ1) is 14.6. The molecule has 0 amide bonds. The van der Waals surface area contributed by atoms with Crippen molar-refractivity contribution in [2.75, 3.05) is 33.2 Å². The Balaban J connectivity index is 1.69. The molecule has 4 rings (SSSR count). The Hall–Kier alpha value is -3.19. The third kappa shape index (κ3) is 3.80. The summed E-state index contributed by atoms with van der Waals surface area (Å²) in [6.07, 6.45) is 2.11. The zero-order chi connectivity index (χ0) is 21.1. The fourth-order valence-electron chi connectivity index (χ4n) is 3.87. The molecule has 0 fully saturated rings. The smallest absolute Gasteiger partial charge is 0.174 e. The van der Waals surface area contributed by atoms with Gasteiger partial charge in [0, 0.05) is 36.7 Å². The number of hydrogen-bond acceptors (Lipinski definition) is 4. The van der Waals surface area contributed by atoms with Gasteiger partial charge >= 0.3 is 0 Å². The van der Waals surface area contributed by atoms with Gasteiger partial charge in [-0.25, -0.2) is 0 Å². The van der Waals surface area contributed by atoms with E-state index in [1.807, 2.05) is 36.4 Å². The highest BCUT2D eigenvalue weighted by Crippen LogP contribution is 2.37. The van der Waals surface area contributed by atoms with E-state index in [9.17, 15) is 0 Å². The number of fused-ring (bicyclic) bond motifs is 1. The number of benzene rings is 2. The summed E-state index contributed by atoms with van der Waals surface area (Å²) in [6, 6.07) is 18.0. The lowest BCUT2D eigenvalue weighted by Gasteiger charge is -2.39. The quantitative estimate of drug-likeness (QED) is 0.617. The molecule has 30 heavy (non-hydrogen) atoms. The van der Waals surface area contributed by atoms with Gasteiger partial charge in [0.25, 0.3) is 0 Å². The van der Waals surface area contributed by atoms with Crippen LogP contribution in [0.1, 0.15) is 17.3 Å².